The highest BCUT2D eigenvalue weighted by atomic mass is 16.5. The normalized spacial score (nSPS) is 10.3. The number of hydrogen-bond donors (Lipinski definition) is 1. The molecular weight excluding hydrogens is 274 g/mol. The lowest BCUT2D eigenvalue weighted by Crippen LogP contribution is -2.30. The van der Waals surface area contributed by atoms with Gasteiger partial charge >= 0.3 is 0 Å². The molecule has 0 aromatic heterocycles. The Kier molecular flexibility index (Phi) is 5.59. The van der Waals surface area contributed by atoms with E-state index in [0.29, 0.717) is 6.54 Å². The van der Waals surface area contributed by atoms with Gasteiger partial charge in [0.15, 0.2) is 6.61 Å². The van der Waals surface area contributed by atoms with E-state index in [-0.39, 0.29) is 12.5 Å². The van der Waals surface area contributed by atoms with Crippen molar-refractivity contribution in [2.24, 2.45) is 0 Å². The summed E-state index contributed by atoms with van der Waals surface area (Å²) in [7, 11) is 0. The second-order valence-corrected chi connectivity index (χ2v) is 5.58. The molecule has 0 aliphatic heterocycles. The van der Waals surface area contributed by atoms with Gasteiger partial charge in [0.05, 0.1) is 0 Å². The average molecular weight is 297 g/mol. The molecule has 2 aromatic rings. The second kappa shape index (κ2) is 7.64. The van der Waals surface area contributed by atoms with E-state index in [9.17, 15) is 4.79 Å². The highest BCUT2D eigenvalue weighted by Gasteiger charge is 2.06. The Morgan fingerprint density at radius 3 is 2.41 bits per heavy atom. The van der Waals surface area contributed by atoms with Gasteiger partial charge in [0, 0.05) is 6.54 Å². The fraction of sp³-hybridized carbons (Fsp3) is 0.316. The van der Waals surface area contributed by atoms with E-state index >= 15 is 0 Å². The molecule has 2 rings (SSSR count). The van der Waals surface area contributed by atoms with E-state index in [4.69, 9.17) is 4.74 Å². The number of nitrogens with one attached hydrogen (secondary N) is 1. The quantitative estimate of drug-likeness (QED) is 0.888. The van der Waals surface area contributed by atoms with Crippen molar-refractivity contribution in [2.75, 3.05) is 13.2 Å². The summed E-state index contributed by atoms with van der Waals surface area (Å²) in [6, 6.07) is 14.2. The zero-order chi connectivity index (χ0) is 15.9. The molecule has 1 amide bonds. The monoisotopic (exact) mass is 297 g/mol. The molecule has 0 spiro atoms. The maximum absolute atomic E-state index is 11.8. The van der Waals surface area contributed by atoms with Gasteiger partial charge in [-0.2, -0.15) is 0 Å². The Morgan fingerprint density at radius 2 is 1.68 bits per heavy atom. The molecule has 2 aromatic carbocycles. The number of aryl methyl sites for hydroxylation is 3. The van der Waals surface area contributed by atoms with Crippen LogP contribution < -0.4 is 10.1 Å². The fourth-order valence-electron chi connectivity index (χ4n) is 2.27. The molecule has 0 heterocycles. The average Bonchev–Trinajstić information content (AvgIpc) is 2.50. The highest BCUT2D eigenvalue weighted by Crippen LogP contribution is 2.22. The van der Waals surface area contributed by atoms with E-state index < -0.39 is 0 Å². The summed E-state index contributed by atoms with van der Waals surface area (Å²) < 4.78 is 5.63. The predicted molar refractivity (Wildman–Crippen MR) is 89.3 cm³/mol. The van der Waals surface area contributed by atoms with Crippen molar-refractivity contribution in [3.63, 3.8) is 0 Å². The third-order valence-electron chi connectivity index (χ3n) is 3.73. The molecule has 0 saturated heterocycles. The van der Waals surface area contributed by atoms with Crippen LogP contribution in [0.2, 0.25) is 0 Å². The van der Waals surface area contributed by atoms with Gasteiger partial charge in [-0.15, -0.1) is 0 Å². The van der Waals surface area contributed by atoms with Crippen LogP contribution in [-0.2, 0) is 11.2 Å². The molecule has 0 aliphatic rings. The number of rotatable bonds is 6. The minimum atomic E-state index is -0.0893. The van der Waals surface area contributed by atoms with Crippen molar-refractivity contribution < 1.29 is 9.53 Å². The molecule has 0 atom stereocenters. The van der Waals surface area contributed by atoms with Crippen molar-refractivity contribution in [2.45, 2.75) is 27.2 Å². The van der Waals surface area contributed by atoms with Gasteiger partial charge in [-0.3, -0.25) is 4.79 Å². The van der Waals surface area contributed by atoms with Crippen molar-refractivity contribution in [1.82, 2.24) is 5.32 Å². The molecule has 0 aliphatic carbocycles. The Morgan fingerprint density at radius 1 is 1.00 bits per heavy atom. The summed E-state index contributed by atoms with van der Waals surface area (Å²) in [5.74, 6) is 0.690. The molecule has 22 heavy (non-hydrogen) atoms. The largest absolute Gasteiger partial charge is 0.483 e. The SMILES string of the molecule is Cc1cc(C)c(OCC(=O)NCCc2ccccc2)cc1C. The molecule has 0 fully saturated rings. The lowest BCUT2D eigenvalue weighted by atomic mass is 10.1. The van der Waals surface area contributed by atoms with Crippen LogP contribution >= 0.6 is 0 Å². The first-order valence-corrected chi connectivity index (χ1v) is 7.57. The summed E-state index contributed by atoms with van der Waals surface area (Å²) in [5, 5.41) is 2.88. The third kappa shape index (κ3) is 4.62. The van der Waals surface area contributed by atoms with E-state index in [2.05, 4.69) is 30.4 Å². The predicted octanol–water partition coefficient (Wildman–Crippen LogP) is 3.35. The Hall–Kier alpha value is -2.29. The van der Waals surface area contributed by atoms with Crippen LogP contribution in [0.1, 0.15) is 22.3 Å². The van der Waals surface area contributed by atoms with Gasteiger partial charge in [0.1, 0.15) is 5.75 Å². The maximum atomic E-state index is 11.8. The van der Waals surface area contributed by atoms with Gasteiger partial charge < -0.3 is 10.1 Å². The summed E-state index contributed by atoms with van der Waals surface area (Å²) in [5.41, 5.74) is 4.68. The van der Waals surface area contributed by atoms with Crippen LogP contribution in [-0.4, -0.2) is 19.1 Å². The molecule has 0 radical (unpaired) electrons. The number of carbonyl (C=O) groups excluding carboxylic acids is 1. The summed E-state index contributed by atoms with van der Waals surface area (Å²) in [6.45, 7) is 6.79. The number of hydrogen-bond acceptors (Lipinski definition) is 2. The van der Waals surface area contributed by atoms with Crippen molar-refractivity contribution in [3.05, 3.63) is 64.7 Å². The first-order valence-electron chi connectivity index (χ1n) is 7.57. The standard InChI is InChI=1S/C19H23NO2/c1-14-11-16(3)18(12-15(14)2)22-13-19(21)20-10-9-17-7-5-4-6-8-17/h4-8,11-12H,9-10,13H2,1-3H3,(H,20,21). The molecule has 116 valence electrons. The van der Waals surface area contributed by atoms with E-state index in [0.717, 1.165) is 17.7 Å². The topological polar surface area (TPSA) is 38.3 Å². The first kappa shape index (κ1) is 16.1. The molecule has 3 nitrogen and oxygen atoms in total. The van der Waals surface area contributed by atoms with Crippen molar-refractivity contribution in [1.29, 1.82) is 0 Å². The summed E-state index contributed by atoms with van der Waals surface area (Å²) in [6.07, 6.45) is 0.829. The zero-order valence-electron chi connectivity index (χ0n) is 13.5. The van der Waals surface area contributed by atoms with Crippen molar-refractivity contribution in [3.8, 4) is 5.75 Å². The lowest BCUT2D eigenvalue weighted by molar-refractivity contribution is -0.123. The van der Waals surface area contributed by atoms with Crippen LogP contribution in [0.15, 0.2) is 42.5 Å². The van der Waals surface area contributed by atoms with Crippen LogP contribution in [0.5, 0.6) is 5.75 Å². The Balaban J connectivity index is 1.77. The van der Waals surface area contributed by atoms with Gasteiger partial charge in [-0.25, -0.2) is 0 Å². The molecule has 0 saturated carbocycles. The summed E-state index contributed by atoms with van der Waals surface area (Å²) in [4.78, 5) is 11.8. The van der Waals surface area contributed by atoms with E-state index in [1.165, 1.54) is 16.7 Å². The van der Waals surface area contributed by atoms with Gasteiger partial charge in [0.25, 0.3) is 5.91 Å². The molecule has 0 unspecified atom stereocenters. The Bertz CT molecular complexity index is 635. The van der Waals surface area contributed by atoms with Crippen LogP contribution in [0.25, 0.3) is 0 Å². The number of ether oxygens (including phenoxy) is 1. The number of benzene rings is 2. The third-order valence-corrected chi connectivity index (χ3v) is 3.73. The van der Waals surface area contributed by atoms with E-state index in [1.807, 2.05) is 38.1 Å². The van der Waals surface area contributed by atoms with Crippen LogP contribution in [0.4, 0.5) is 0 Å². The van der Waals surface area contributed by atoms with Gasteiger partial charge in [-0.05, 0) is 55.5 Å². The summed E-state index contributed by atoms with van der Waals surface area (Å²) >= 11 is 0. The van der Waals surface area contributed by atoms with Crippen LogP contribution in [0.3, 0.4) is 0 Å². The van der Waals surface area contributed by atoms with Gasteiger partial charge in [0.2, 0.25) is 0 Å². The zero-order valence-corrected chi connectivity index (χ0v) is 13.5. The van der Waals surface area contributed by atoms with Gasteiger partial charge in [-0.1, -0.05) is 36.4 Å². The van der Waals surface area contributed by atoms with E-state index in [1.54, 1.807) is 0 Å². The second-order valence-electron chi connectivity index (χ2n) is 5.58. The highest BCUT2D eigenvalue weighted by molar-refractivity contribution is 5.77. The smallest absolute Gasteiger partial charge is 0.257 e. The molecular formula is C19H23NO2. The minimum Gasteiger partial charge on any atom is -0.483 e. The van der Waals surface area contributed by atoms with Crippen LogP contribution in [0, 0.1) is 20.8 Å². The maximum Gasteiger partial charge on any atom is 0.257 e. The lowest BCUT2D eigenvalue weighted by Gasteiger charge is -2.12. The molecule has 0 bridgehead atoms. The molecule has 3 heteroatoms. The van der Waals surface area contributed by atoms with Crippen molar-refractivity contribution >= 4 is 5.91 Å². The first-order chi connectivity index (χ1) is 10.6. The number of amides is 1. The number of carbonyl (C=O) groups is 1. The fourth-order valence-corrected chi connectivity index (χ4v) is 2.27. The molecule has 1 N–H and O–H groups in total. The minimum absolute atomic E-state index is 0.0537. The Labute approximate surface area is 132 Å².